The van der Waals surface area contributed by atoms with E-state index in [9.17, 15) is 14.9 Å². The molecule has 1 aromatic carbocycles. The summed E-state index contributed by atoms with van der Waals surface area (Å²) < 4.78 is 1.85. The van der Waals surface area contributed by atoms with Gasteiger partial charge in [-0.05, 0) is 18.6 Å². The largest absolute Gasteiger partial charge is 0.481 e. The molecule has 3 aromatic rings. The monoisotopic (exact) mass is 325 g/mol. The Morgan fingerprint density at radius 1 is 1.33 bits per heavy atom. The third kappa shape index (κ3) is 2.83. The summed E-state index contributed by atoms with van der Waals surface area (Å²) in [4.78, 5) is 26.1. The van der Waals surface area contributed by atoms with Crippen molar-refractivity contribution in [3.63, 3.8) is 0 Å². The third-order valence-corrected chi connectivity index (χ3v) is 3.85. The Kier molecular flexibility index (Phi) is 3.99. The molecular formula is C17H15N3O4. The molecule has 2 aromatic heterocycles. The molecule has 0 radical (unpaired) electrons. The highest BCUT2D eigenvalue weighted by Gasteiger charge is 2.18. The molecule has 24 heavy (non-hydrogen) atoms. The van der Waals surface area contributed by atoms with Gasteiger partial charge in [0.1, 0.15) is 5.65 Å². The molecule has 2 heterocycles. The van der Waals surface area contributed by atoms with Gasteiger partial charge in [0.2, 0.25) is 0 Å². The average Bonchev–Trinajstić information content (AvgIpc) is 2.93. The van der Waals surface area contributed by atoms with Crippen LogP contribution in [0.4, 0.5) is 5.69 Å². The molecule has 0 unspecified atom stereocenters. The molecular weight excluding hydrogens is 310 g/mol. The van der Waals surface area contributed by atoms with Crippen LogP contribution in [0.25, 0.3) is 16.9 Å². The molecule has 0 bridgehead atoms. The topological polar surface area (TPSA) is 97.7 Å². The van der Waals surface area contributed by atoms with Crippen molar-refractivity contribution >= 4 is 17.3 Å². The van der Waals surface area contributed by atoms with Crippen molar-refractivity contribution < 1.29 is 14.8 Å². The number of aryl methyl sites for hydroxylation is 2. The van der Waals surface area contributed by atoms with E-state index in [-0.39, 0.29) is 18.5 Å². The van der Waals surface area contributed by atoms with Crippen molar-refractivity contribution in [1.29, 1.82) is 0 Å². The number of carbonyl (C=O) groups is 1. The number of pyridine rings is 1. The van der Waals surface area contributed by atoms with Crippen LogP contribution in [0.5, 0.6) is 0 Å². The lowest BCUT2D eigenvalue weighted by molar-refractivity contribution is -0.384. The molecule has 0 saturated carbocycles. The summed E-state index contributed by atoms with van der Waals surface area (Å²) in [6.07, 6.45) is 2.08. The molecule has 0 fully saturated rings. The minimum atomic E-state index is -0.900. The lowest BCUT2D eigenvalue weighted by atomic mass is 10.1. The molecule has 0 aliphatic carbocycles. The van der Waals surface area contributed by atoms with Gasteiger partial charge in [-0.1, -0.05) is 18.2 Å². The standard InChI is InChI=1S/C17H15N3O4/c1-11-4-3-9-19-14(7-8-15(21)22)16(18-17(11)19)12-5-2-6-13(10-12)20(23)24/h2-6,9-10H,7-8H2,1H3,(H,21,22). The highest BCUT2D eigenvalue weighted by molar-refractivity contribution is 5.72. The number of hydrogen-bond donors (Lipinski definition) is 1. The van der Waals surface area contributed by atoms with E-state index in [0.29, 0.717) is 11.3 Å². The number of nitro benzene ring substituents is 1. The third-order valence-electron chi connectivity index (χ3n) is 3.85. The van der Waals surface area contributed by atoms with Gasteiger partial charge in [-0.3, -0.25) is 14.9 Å². The van der Waals surface area contributed by atoms with Crippen LogP contribution >= 0.6 is 0 Å². The summed E-state index contributed by atoms with van der Waals surface area (Å²) in [5.74, 6) is -0.900. The van der Waals surface area contributed by atoms with Gasteiger partial charge in [-0.2, -0.15) is 0 Å². The summed E-state index contributed by atoms with van der Waals surface area (Å²) in [7, 11) is 0. The van der Waals surface area contributed by atoms with Crippen LogP contribution in [0.1, 0.15) is 17.7 Å². The Morgan fingerprint density at radius 2 is 2.12 bits per heavy atom. The zero-order valence-corrected chi connectivity index (χ0v) is 13.0. The Morgan fingerprint density at radius 3 is 2.83 bits per heavy atom. The molecule has 122 valence electrons. The van der Waals surface area contributed by atoms with Crippen LogP contribution < -0.4 is 0 Å². The molecule has 7 heteroatoms. The van der Waals surface area contributed by atoms with E-state index in [1.807, 2.05) is 29.7 Å². The summed E-state index contributed by atoms with van der Waals surface area (Å²) in [6.45, 7) is 1.92. The van der Waals surface area contributed by atoms with E-state index in [1.165, 1.54) is 12.1 Å². The number of imidazole rings is 1. The Labute approximate surface area is 137 Å². The van der Waals surface area contributed by atoms with E-state index in [4.69, 9.17) is 5.11 Å². The van der Waals surface area contributed by atoms with Crippen LogP contribution in [0.15, 0.2) is 42.6 Å². The second-order valence-electron chi connectivity index (χ2n) is 5.49. The van der Waals surface area contributed by atoms with Gasteiger partial charge < -0.3 is 9.51 Å². The molecule has 1 N–H and O–H groups in total. The minimum absolute atomic E-state index is 0.0227. The fourth-order valence-corrected chi connectivity index (χ4v) is 2.72. The Bertz CT molecular complexity index is 946. The number of aliphatic carboxylic acids is 1. The van der Waals surface area contributed by atoms with Gasteiger partial charge in [0.25, 0.3) is 5.69 Å². The van der Waals surface area contributed by atoms with Gasteiger partial charge in [0, 0.05) is 30.3 Å². The maximum Gasteiger partial charge on any atom is 0.303 e. The lowest BCUT2D eigenvalue weighted by Gasteiger charge is -2.04. The van der Waals surface area contributed by atoms with Crippen LogP contribution in [-0.4, -0.2) is 25.4 Å². The number of fused-ring (bicyclic) bond motifs is 1. The van der Waals surface area contributed by atoms with Gasteiger partial charge in [0.15, 0.2) is 0 Å². The predicted molar refractivity (Wildman–Crippen MR) is 88.0 cm³/mol. The lowest BCUT2D eigenvalue weighted by Crippen LogP contribution is -2.02. The van der Waals surface area contributed by atoms with Crippen molar-refractivity contribution in [2.24, 2.45) is 0 Å². The first-order valence-corrected chi connectivity index (χ1v) is 7.40. The van der Waals surface area contributed by atoms with Crippen LogP contribution in [0, 0.1) is 17.0 Å². The number of aromatic nitrogens is 2. The normalized spacial score (nSPS) is 10.9. The molecule has 0 saturated heterocycles. The molecule has 0 aliphatic heterocycles. The second-order valence-corrected chi connectivity index (χ2v) is 5.49. The summed E-state index contributed by atoms with van der Waals surface area (Å²) >= 11 is 0. The molecule has 0 aliphatic rings. The van der Waals surface area contributed by atoms with Crippen molar-refractivity contribution in [2.45, 2.75) is 19.8 Å². The van der Waals surface area contributed by atoms with Crippen LogP contribution in [0.2, 0.25) is 0 Å². The van der Waals surface area contributed by atoms with Crippen LogP contribution in [-0.2, 0) is 11.2 Å². The summed E-state index contributed by atoms with van der Waals surface area (Å²) in [6, 6.07) is 10.0. The van der Waals surface area contributed by atoms with E-state index >= 15 is 0 Å². The Hall–Kier alpha value is -3.22. The zero-order valence-electron chi connectivity index (χ0n) is 13.0. The average molecular weight is 325 g/mol. The fraction of sp³-hybridized carbons (Fsp3) is 0.176. The first-order chi connectivity index (χ1) is 11.5. The highest BCUT2D eigenvalue weighted by atomic mass is 16.6. The second kappa shape index (κ2) is 6.11. The number of nitrogens with zero attached hydrogens (tertiary/aromatic N) is 3. The molecule has 0 spiro atoms. The van der Waals surface area contributed by atoms with E-state index in [0.717, 1.165) is 16.9 Å². The van der Waals surface area contributed by atoms with Gasteiger partial charge in [0.05, 0.1) is 22.7 Å². The number of carboxylic acid groups (broad SMARTS) is 1. The van der Waals surface area contributed by atoms with E-state index in [2.05, 4.69) is 4.98 Å². The van der Waals surface area contributed by atoms with Crippen molar-refractivity contribution in [3.05, 3.63) is 64.0 Å². The maximum absolute atomic E-state index is 11.0. The van der Waals surface area contributed by atoms with Crippen molar-refractivity contribution in [3.8, 4) is 11.3 Å². The number of non-ortho nitro benzene ring substituents is 1. The SMILES string of the molecule is Cc1cccn2c(CCC(=O)O)c(-c3cccc([N+](=O)[O-])c3)nc12. The molecule has 0 amide bonds. The minimum Gasteiger partial charge on any atom is -0.481 e. The number of nitro groups is 1. The number of carboxylic acids is 1. The van der Waals surface area contributed by atoms with Gasteiger partial charge >= 0.3 is 5.97 Å². The Balaban J connectivity index is 2.20. The fourth-order valence-electron chi connectivity index (χ4n) is 2.72. The van der Waals surface area contributed by atoms with Crippen molar-refractivity contribution in [1.82, 2.24) is 9.38 Å². The number of benzene rings is 1. The smallest absolute Gasteiger partial charge is 0.303 e. The predicted octanol–water partition coefficient (Wildman–Crippen LogP) is 3.24. The highest BCUT2D eigenvalue weighted by Crippen LogP contribution is 2.29. The quantitative estimate of drug-likeness (QED) is 0.573. The van der Waals surface area contributed by atoms with Gasteiger partial charge in [-0.15, -0.1) is 0 Å². The molecule has 0 atom stereocenters. The molecule has 7 nitrogen and oxygen atoms in total. The maximum atomic E-state index is 11.0. The summed E-state index contributed by atoms with van der Waals surface area (Å²) in [5, 5.41) is 20.0. The first kappa shape index (κ1) is 15.7. The number of rotatable bonds is 5. The van der Waals surface area contributed by atoms with E-state index in [1.54, 1.807) is 12.1 Å². The van der Waals surface area contributed by atoms with E-state index < -0.39 is 10.9 Å². The summed E-state index contributed by atoms with van der Waals surface area (Å²) in [5.41, 5.74) is 3.56. The zero-order chi connectivity index (χ0) is 17.3. The first-order valence-electron chi connectivity index (χ1n) is 7.40. The number of hydrogen-bond acceptors (Lipinski definition) is 4. The van der Waals surface area contributed by atoms with Crippen molar-refractivity contribution in [2.75, 3.05) is 0 Å². The van der Waals surface area contributed by atoms with Gasteiger partial charge in [-0.25, -0.2) is 4.98 Å². The van der Waals surface area contributed by atoms with Crippen LogP contribution in [0.3, 0.4) is 0 Å². The molecule has 3 rings (SSSR count).